The summed E-state index contributed by atoms with van der Waals surface area (Å²) in [4.78, 5) is 2.10. The zero-order chi connectivity index (χ0) is 13.7. The first kappa shape index (κ1) is 13.1. The highest BCUT2D eigenvalue weighted by molar-refractivity contribution is 5.40. The molecule has 2 aromatic rings. The van der Waals surface area contributed by atoms with Crippen molar-refractivity contribution in [2.45, 2.75) is 6.54 Å². The van der Waals surface area contributed by atoms with Gasteiger partial charge in [0, 0.05) is 12.1 Å². The molecule has 0 aliphatic heterocycles. The van der Waals surface area contributed by atoms with Crippen LogP contribution in [0.2, 0.25) is 0 Å². The molecule has 0 amide bonds. The molecule has 0 heterocycles. The average molecular weight is 252 g/mol. The largest absolute Gasteiger partial charge is 0.457 e. The first-order valence-corrected chi connectivity index (χ1v) is 6.09. The molecule has 0 aromatic heterocycles. The van der Waals surface area contributed by atoms with Crippen LogP contribution in [0.25, 0.3) is 0 Å². The maximum Gasteiger partial charge on any atom is 0.131 e. The summed E-state index contributed by atoms with van der Waals surface area (Å²) in [6.07, 6.45) is 0. The maximum atomic E-state index is 8.77. The van der Waals surface area contributed by atoms with Crippen molar-refractivity contribution in [1.29, 1.82) is 5.26 Å². The molecule has 0 aliphatic rings. The molecule has 0 aliphatic carbocycles. The van der Waals surface area contributed by atoms with E-state index < -0.39 is 0 Å². The molecular formula is C16H16N2O. The third-order valence-electron chi connectivity index (χ3n) is 2.67. The number of para-hydroxylation sites is 1. The van der Waals surface area contributed by atoms with Gasteiger partial charge in [0.2, 0.25) is 0 Å². The molecule has 0 spiro atoms. The maximum absolute atomic E-state index is 8.77. The van der Waals surface area contributed by atoms with E-state index in [4.69, 9.17) is 10.00 Å². The van der Waals surface area contributed by atoms with E-state index in [0.29, 0.717) is 5.56 Å². The van der Waals surface area contributed by atoms with Crippen LogP contribution < -0.4 is 4.74 Å². The molecule has 2 rings (SSSR count). The second-order valence-corrected chi connectivity index (χ2v) is 4.58. The lowest BCUT2D eigenvalue weighted by Crippen LogP contribution is -2.11. The van der Waals surface area contributed by atoms with Crippen LogP contribution in [0.3, 0.4) is 0 Å². The molecule has 19 heavy (non-hydrogen) atoms. The van der Waals surface area contributed by atoms with Crippen molar-refractivity contribution in [3.63, 3.8) is 0 Å². The van der Waals surface area contributed by atoms with E-state index in [9.17, 15) is 0 Å². The van der Waals surface area contributed by atoms with E-state index in [2.05, 4.69) is 17.0 Å². The number of hydrogen-bond acceptors (Lipinski definition) is 3. The van der Waals surface area contributed by atoms with Crippen LogP contribution >= 0.6 is 0 Å². The van der Waals surface area contributed by atoms with Crippen molar-refractivity contribution >= 4 is 0 Å². The molecule has 0 unspecified atom stereocenters. The highest BCUT2D eigenvalue weighted by atomic mass is 16.5. The first-order chi connectivity index (χ1) is 9.19. The molecule has 0 fully saturated rings. The number of benzene rings is 2. The summed E-state index contributed by atoms with van der Waals surface area (Å²) in [5.74, 6) is 1.59. The fourth-order valence-corrected chi connectivity index (χ4v) is 1.80. The molecule has 0 saturated heterocycles. The van der Waals surface area contributed by atoms with Crippen molar-refractivity contribution in [2.24, 2.45) is 0 Å². The van der Waals surface area contributed by atoms with E-state index in [0.717, 1.165) is 23.6 Å². The van der Waals surface area contributed by atoms with Crippen LogP contribution in [0.4, 0.5) is 0 Å². The van der Waals surface area contributed by atoms with Crippen molar-refractivity contribution in [3.05, 3.63) is 59.7 Å². The molecule has 0 radical (unpaired) electrons. The SMILES string of the molecule is CN(C)Cc1ccccc1Oc1ccc(C#N)cc1. The Kier molecular flexibility index (Phi) is 4.17. The Bertz CT molecular complexity index is 582. The van der Waals surface area contributed by atoms with E-state index in [1.54, 1.807) is 12.1 Å². The summed E-state index contributed by atoms with van der Waals surface area (Å²) in [6, 6.07) is 17.2. The van der Waals surface area contributed by atoms with Crippen LogP contribution in [0.15, 0.2) is 48.5 Å². The smallest absolute Gasteiger partial charge is 0.131 e. The number of hydrogen-bond donors (Lipinski definition) is 0. The summed E-state index contributed by atoms with van der Waals surface area (Å²) in [6.45, 7) is 0.826. The third-order valence-corrected chi connectivity index (χ3v) is 2.67. The molecule has 2 aromatic carbocycles. The van der Waals surface area contributed by atoms with Gasteiger partial charge in [0.15, 0.2) is 0 Å². The summed E-state index contributed by atoms with van der Waals surface area (Å²) in [7, 11) is 4.05. The zero-order valence-corrected chi connectivity index (χ0v) is 11.1. The van der Waals surface area contributed by atoms with E-state index in [-0.39, 0.29) is 0 Å². The Labute approximate surface area is 113 Å². The number of nitriles is 1. The molecule has 0 atom stereocenters. The fraction of sp³-hybridized carbons (Fsp3) is 0.188. The molecular weight excluding hydrogens is 236 g/mol. The van der Waals surface area contributed by atoms with Crippen molar-refractivity contribution in [1.82, 2.24) is 4.90 Å². The van der Waals surface area contributed by atoms with Gasteiger partial charge in [-0.3, -0.25) is 0 Å². The van der Waals surface area contributed by atoms with Gasteiger partial charge in [0.1, 0.15) is 11.5 Å². The standard InChI is InChI=1S/C16H16N2O/c1-18(2)12-14-5-3-4-6-16(14)19-15-9-7-13(11-17)8-10-15/h3-10H,12H2,1-2H3. The molecule has 3 nitrogen and oxygen atoms in total. The number of rotatable bonds is 4. The molecule has 0 bridgehead atoms. The highest BCUT2D eigenvalue weighted by Gasteiger charge is 2.05. The van der Waals surface area contributed by atoms with E-state index >= 15 is 0 Å². The zero-order valence-electron chi connectivity index (χ0n) is 11.1. The molecule has 0 saturated carbocycles. The van der Waals surface area contributed by atoms with Crippen LogP contribution in [0, 0.1) is 11.3 Å². The van der Waals surface area contributed by atoms with Crippen LogP contribution in [-0.2, 0) is 6.54 Å². The number of ether oxygens (including phenoxy) is 1. The monoisotopic (exact) mass is 252 g/mol. The van der Waals surface area contributed by atoms with Gasteiger partial charge in [0.25, 0.3) is 0 Å². The molecule has 0 N–H and O–H groups in total. The highest BCUT2D eigenvalue weighted by Crippen LogP contribution is 2.26. The van der Waals surface area contributed by atoms with Gasteiger partial charge in [-0.15, -0.1) is 0 Å². The Balaban J connectivity index is 2.20. The Morgan fingerprint density at radius 3 is 2.37 bits per heavy atom. The summed E-state index contributed by atoms with van der Waals surface area (Å²) < 4.78 is 5.87. The lowest BCUT2D eigenvalue weighted by Gasteiger charge is -2.14. The van der Waals surface area contributed by atoms with Crippen molar-refractivity contribution < 1.29 is 4.74 Å². The molecule has 3 heteroatoms. The quantitative estimate of drug-likeness (QED) is 0.836. The van der Waals surface area contributed by atoms with Crippen LogP contribution in [0.1, 0.15) is 11.1 Å². The second-order valence-electron chi connectivity index (χ2n) is 4.58. The topological polar surface area (TPSA) is 36.3 Å². The third kappa shape index (κ3) is 3.57. The minimum absolute atomic E-state index is 0.633. The summed E-state index contributed by atoms with van der Waals surface area (Å²) in [5.41, 5.74) is 1.77. The van der Waals surface area contributed by atoms with Gasteiger partial charge in [-0.05, 0) is 44.4 Å². The Morgan fingerprint density at radius 1 is 1.05 bits per heavy atom. The lowest BCUT2D eigenvalue weighted by molar-refractivity contribution is 0.388. The van der Waals surface area contributed by atoms with Crippen LogP contribution in [0.5, 0.6) is 11.5 Å². The second kappa shape index (κ2) is 6.03. The van der Waals surface area contributed by atoms with Gasteiger partial charge in [-0.2, -0.15) is 5.26 Å². The fourth-order valence-electron chi connectivity index (χ4n) is 1.80. The Hall–Kier alpha value is -2.31. The van der Waals surface area contributed by atoms with Gasteiger partial charge < -0.3 is 9.64 Å². The lowest BCUT2D eigenvalue weighted by atomic mass is 10.2. The number of nitrogens with zero attached hydrogens (tertiary/aromatic N) is 2. The predicted molar refractivity (Wildman–Crippen MR) is 75.1 cm³/mol. The summed E-state index contributed by atoms with van der Waals surface area (Å²) in [5, 5.41) is 8.77. The van der Waals surface area contributed by atoms with E-state index in [1.165, 1.54) is 0 Å². The van der Waals surface area contributed by atoms with Crippen molar-refractivity contribution in [2.75, 3.05) is 14.1 Å². The predicted octanol–water partition coefficient (Wildman–Crippen LogP) is 3.41. The van der Waals surface area contributed by atoms with Gasteiger partial charge >= 0.3 is 0 Å². The minimum atomic E-state index is 0.633. The van der Waals surface area contributed by atoms with Gasteiger partial charge in [-0.1, -0.05) is 18.2 Å². The minimum Gasteiger partial charge on any atom is -0.457 e. The summed E-state index contributed by atoms with van der Waals surface area (Å²) >= 11 is 0. The van der Waals surface area contributed by atoms with Crippen LogP contribution in [-0.4, -0.2) is 19.0 Å². The van der Waals surface area contributed by atoms with Gasteiger partial charge in [0.05, 0.1) is 11.6 Å². The van der Waals surface area contributed by atoms with E-state index in [1.807, 2.05) is 44.4 Å². The Morgan fingerprint density at radius 2 is 1.74 bits per heavy atom. The first-order valence-electron chi connectivity index (χ1n) is 6.09. The van der Waals surface area contributed by atoms with Gasteiger partial charge in [-0.25, -0.2) is 0 Å². The molecule has 96 valence electrons. The van der Waals surface area contributed by atoms with Crippen molar-refractivity contribution in [3.8, 4) is 17.6 Å². The average Bonchev–Trinajstić information content (AvgIpc) is 2.41. The normalized spacial score (nSPS) is 10.2.